The van der Waals surface area contributed by atoms with Crippen molar-refractivity contribution in [3.8, 4) is 0 Å². The molecule has 1 N–H and O–H groups in total. The highest BCUT2D eigenvalue weighted by Crippen LogP contribution is 2.23. The summed E-state index contributed by atoms with van der Waals surface area (Å²) in [6.45, 7) is 1.80. The lowest BCUT2D eigenvalue weighted by Crippen LogP contribution is -2.49. The fraction of sp³-hybridized carbons (Fsp3) is 0.455. The summed E-state index contributed by atoms with van der Waals surface area (Å²) in [5.41, 5.74) is 0.313. The molecule has 0 spiro atoms. The normalized spacial score (nSPS) is 16.1. The molecule has 8 nitrogen and oxygen atoms in total. The fourth-order valence-electron chi connectivity index (χ4n) is 2.02. The van der Waals surface area contributed by atoms with Gasteiger partial charge in [0.2, 0.25) is 0 Å². The molecular weight excluding hydrogens is 286 g/mol. The van der Waals surface area contributed by atoms with Crippen molar-refractivity contribution in [3.63, 3.8) is 0 Å². The van der Waals surface area contributed by atoms with E-state index >= 15 is 0 Å². The van der Waals surface area contributed by atoms with Crippen molar-refractivity contribution in [3.05, 3.63) is 27.1 Å². The highest BCUT2D eigenvalue weighted by Gasteiger charge is 2.25. The highest BCUT2D eigenvalue weighted by atomic mass is 32.1. The molecule has 2 heterocycles. The van der Waals surface area contributed by atoms with Crippen molar-refractivity contribution in [2.45, 2.75) is 0 Å². The second-order valence-corrected chi connectivity index (χ2v) is 5.28. The SMILES string of the molecule is O=C(O)CN1CCN(C(=O)c2csc([N+](=O)[O-])c2)CC1. The lowest BCUT2D eigenvalue weighted by molar-refractivity contribution is -0.380. The number of carboxylic acids is 1. The molecule has 1 fully saturated rings. The van der Waals surface area contributed by atoms with Crippen molar-refractivity contribution in [1.82, 2.24) is 9.80 Å². The van der Waals surface area contributed by atoms with Crippen LogP contribution < -0.4 is 0 Å². The molecule has 1 aromatic rings. The van der Waals surface area contributed by atoms with Crippen LogP contribution in [0.25, 0.3) is 0 Å². The van der Waals surface area contributed by atoms with E-state index in [0.29, 0.717) is 31.7 Å². The molecule has 0 unspecified atom stereocenters. The number of rotatable bonds is 4. The van der Waals surface area contributed by atoms with E-state index in [9.17, 15) is 19.7 Å². The first-order valence-corrected chi connectivity index (χ1v) is 6.81. The number of carbonyl (C=O) groups excluding carboxylic acids is 1. The Bertz CT molecular complexity index is 536. The predicted octanol–water partition coefficient (Wildman–Crippen LogP) is 0.499. The summed E-state index contributed by atoms with van der Waals surface area (Å²) >= 11 is 0.924. The first-order valence-electron chi connectivity index (χ1n) is 5.93. The zero-order valence-corrected chi connectivity index (χ0v) is 11.3. The monoisotopic (exact) mass is 299 g/mol. The topological polar surface area (TPSA) is 104 Å². The fourth-order valence-corrected chi connectivity index (χ4v) is 2.71. The van der Waals surface area contributed by atoms with E-state index in [1.165, 1.54) is 11.4 Å². The molecular formula is C11H13N3O5S. The molecule has 0 saturated carbocycles. The van der Waals surface area contributed by atoms with Crippen molar-refractivity contribution >= 4 is 28.2 Å². The third-order valence-corrected chi connectivity index (χ3v) is 3.91. The van der Waals surface area contributed by atoms with E-state index in [4.69, 9.17) is 5.11 Å². The lowest BCUT2D eigenvalue weighted by atomic mass is 10.2. The van der Waals surface area contributed by atoms with Gasteiger partial charge < -0.3 is 10.0 Å². The van der Waals surface area contributed by atoms with Crippen LogP contribution in [0.1, 0.15) is 10.4 Å². The van der Waals surface area contributed by atoms with Crippen LogP contribution in [-0.4, -0.2) is 64.4 Å². The number of carbonyl (C=O) groups is 2. The number of nitrogens with zero attached hydrogens (tertiary/aromatic N) is 3. The molecule has 1 saturated heterocycles. The quantitative estimate of drug-likeness (QED) is 0.641. The maximum Gasteiger partial charge on any atom is 0.324 e. The van der Waals surface area contributed by atoms with Gasteiger partial charge in [-0.25, -0.2) is 0 Å². The van der Waals surface area contributed by atoms with Gasteiger partial charge in [0, 0.05) is 37.6 Å². The third kappa shape index (κ3) is 3.31. The van der Waals surface area contributed by atoms with Gasteiger partial charge in [0.05, 0.1) is 17.0 Å². The van der Waals surface area contributed by atoms with Gasteiger partial charge in [-0.05, 0) is 0 Å². The molecule has 2 rings (SSSR count). The molecule has 1 aliphatic heterocycles. The number of thiophene rings is 1. The number of amides is 1. The molecule has 0 aliphatic carbocycles. The maximum atomic E-state index is 12.1. The van der Waals surface area contributed by atoms with Crippen LogP contribution in [0.5, 0.6) is 0 Å². The summed E-state index contributed by atoms with van der Waals surface area (Å²) in [7, 11) is 0. The summed E-state index contributed by atoms with van der Waals surface area (Å²) < 4.78 is 0. The number of piperazine rings is 1. The Morgan fingerprint density at radius 2 is 2.00 bits per heavy atom. The smallest absolute Gasteiger partial charge is 0.324 e. The molecule has 0 bridgehead atoms. The summed E-state index contributed by atoms with van der Waals surface area (Å²) in [6.07, 6.45) is 0. The van der Waals surface area contributed by atoms with E-state index in [-0.39, 0.29) is 17.5 Å². The van der Waals surface area contributed by atoms with Crippen molar-refractivity contribution in [2.24, 2.45) is 0 Å². The third-order valence-electron chi connectivity index (χ3n) is 3.03. The zero-order chi connectivity index (χ0) is 14.7. The summed E-state index contributed by atoms with van der Waals surface area (Å²) in [5.74, 6) is -1.14. The van der Waals surface area contributed by atoms with Crippen molar-refractivity contribution in [1.29, 1.82) is 0 Å². The van der Waals surface area contributed by atoms with E-state index < -0.39 is 10.9 Å². The van der Waals surface area contributed by atoms with Crippen LogP contribution in [0.15, 0.2) is 11.4 Å². The number of hydrogen-bond donors (Lipinski definition) is 1. The Labute approximate surface area is 118 Å². The molecule has 0 radical (unpaired) electrons. The first-order chi connectivity index (χ1) is 9.47. The molecule has 108 valence electrons. The summed E-state index contributed by atoms with van der Waals surface area (Å²) in [6, 6.07) is 1.27. The Hall–Kier alpha value is -2.00. The van der Waals surface area contributed by atoms with Gasteiger partial charge in [0.15, 0.2) is 0 Å². The van der Waals surface area contributed by atoms with Crippen LogP contribution in [0.3, 0.4) is 0 Å². The van der Waals surface area contributed by atoms with E-state index in [1.54, 1.807) is 9.80 Å². The number of carboxylic acid groups (broad SMARTS) is 1. The minimum Gasteiger partial charge on any atom is -0.480 e. The lowest BCUT2D eigenvalue weighted by Gasteiger charge is -2.33. The van der Waals surface area contributed by atoms with Gasteiger partial charge in [0.25, 0.3) is 5.91 Å². The molecule has 0 aromatic carbocycles. The van der Waals surface area contributed by atoms with Gasteiger partial charge in [-0.15, -0.1) is 0 Å². The number of hydrogen-bond acceptors (Lipinski definition) is 6. The average molecular weight is 299 g/mol. The van der Waals surface area contributed by atoms with Crippen LogP contribution in [0, 0.1) is 10.1 Å². The molecule has 9 heteroatoms. The Morgan fingerprint density at radius 3 is 2.50 bits per heavy atom. The molecule has 1 aromatic heterocycles. The molecule has 0 atom stereocenters. The minimum absolute atomic E-state index is 0.0358. The highest BCUT2D eigenvalue weighted by molar-refractivity contribution is 7.13. The first kappa shape index (κ1) is 14.4. The van der Waals surface area contributed by atoms with E-state index in [0.717, 1.165) is 11.3 Å². The van der Waals surface area contributed by atoms with Crippen molar-refractivity contribution in [2.75, 3.05) is 32.7 Å². The maximum absolute atomic E-state index is 12.1. The van der Waals surface area contributed by atoms with Crippen LogP contribution >= 0.6 is 11.3 Å². The Balaban J connectivity index is 1.94. The minimum atomic E-state index is -0.891. The largest absolute Gasteiger partial charge is 0.480 e. The van der Waals surface area contributed by atoms with Crippen molar-refractivity contribution < 1.29 is 19.6 Å². The number of aliphatic carboxylic acids is 1. The average Bonchev–Trinajstić information content (AvgIpc) is 2.88. The van der Waals surface area contributed by atoms with E-state index in [2.05, 4.69) is 0 Å². The Kier molecular flexibility index (Phi) is 4.30. The Morgan fingerprint density at radius 1 is 1.35 bits per heavy atom. The van der Waals surface area contributed by atoms with Gasteiger partial charge in [0.1, 0.15) is 0 Å². The summed E-state index contributed by atoms with van der Waals surface area (Å²) in [5, 5.41) is 20.7. The van der Waals surface area contributed by atoms with Crippen LogP contribution in [0.4, 0.5) is 5.00 Å². The number of nitro groups is 1. The summed E-state index contributed by atoms with van der Waals surface area (Å²) in [4.78, 5) is 36.1. The van der Waals surface area contributed by atoms with Gasteiger partial charge >= 0.3 is 11.0 Å². The second-order valence-electron chi connectivity index (χ2n) is 4.39. The van der Waals surface area contributed by atoms with Gasteiger partial charge in [-0.2, -0.15) is 0 Å². The van der Waals surface area contributed by atoms with Gasteiger partial charge in [-0.1, -0.05) is 11.3 Å². The molecule has 1 amide bonds. The zero-order valence-electron chi connectivity index (χ0n) is 10.5. The second kappa shape index (κ2) is 5.97. The van der Waals surface area contributed by atoms with Crippen LogP contribution in [-0.2, 0) is 4.79 Å². The molecule has 20 heavy (non-hydrogen) atoms. The van der Waals surface area contributed by atoms with Crippen LogP contribution in [0.2, 0.25) is 0 Å². The standard InChI is InChI=1S/C11H13N3O5S/c15-10(16)6-12-1-3-13(4-2-12)11(17)8-5-9(14(18)19)20-7-8/h5,7H,1-4,6H2,(H,15,16). The predicted molar refractivity (Wildman–Crippen MR) is 71.0 cm³/mol. The van der Waals surface area contributed by atoms with E-state index in [1.807, 2.05) is 0 Å². The van der Waals surface area contributed by atoms with Gasteiger partial charge in [-0.3, -0.25) is 24.6 Å². The molecule has 1 aliphatic rings.